The Hall–Kier alpha value is -2.49. The summed E-state index contributed by atoms with van der Waals surface area (Å²) in [5.41, 5.74) is 1.70. The smallest absolute Gasteiger partial charge is 0.234 e. The average Bonchev–Trinajstić information content (AvgIpc) is 3.15. The van der Waals surface area contributed by atoms with Gasteiger partial charge in [0.05, 0.1) is 17.9 Å². The number of hydrogen-bond donors (Lipinski definition) is 1. The third-order valence-electron chi connectivity index (χ3n) is 4.32. The summed E-state index contributed by atoms with van der Waals surface area (Å²) in [6.07, 6.45) is 1.74. The summed E-state index contributed by atoms with van der Waals surface area (Å²) in [6, 6.07) is 10.9. The van der Waals surface area contributed by atoms with E-state index in [9.17, 15) is 4.79 Å². The van der Waals surface area contributed by atoms with Gasteiger partial charge in [-0.2, -0.15) is 0 Å². The molecule has 7 nitrogen and oxygen atoms in total. The van der Waals surface area contributed by atoms with Crippen molar-refractivity contribution in [3.05, 3.63) is 69.9 Å². The molecule has 0 radical (unpaired) electrons. The van der Waals surface area contributed by atoms with Gasteiger partial charge in [-0.15, -0.1) is 16.8 Å². The van der Waals surface area contributed by atoms with Crippen LogP contribution in [0.5, 0.6) is 11.5 Å². The van der Waals surface area contributed by atoms with E-state index in [0.29, 0.717) is 39.7 Å². The van der Waals surface area contributed by atoms with Crippen molar-refractivity contribution in [1.29, 1.82) is 0 Å². The number of nitrogens with one attached hydrogen (secondary N) is 1. The average molecular weight is 538 g/mol. The van der Waals surface area contributed by atoms with Gasteiger partial charge in [0.1, 0.15) is 6.61 Å². The number of benzene rings is 2. The molecule has 0 unspecified atom stereocenters. The first-order valence-corrected chi connectivity index (χ1v) is 11.7. The molecule has 0 atom stereocenters. The molecule has 10 heteroatoms. The van der Waals surface area contributed by atoms with Crippen LogP contribution in [0.1, 0.15) is 11.4 Å². The lowest BCUT2D eigenvalue weighted by Gasteiger charge is -2.12. The summed E-state index contributed by atoms with van der Waals surface area (Å²) in [4.78, 5) is 12.4. The highest BCUT2D eigenvalue weighted by atomic mass is 79.9. The van der Waals surface area contributed by atoms with E-state index in [4.69, 9.17) is 21.1 Å². The minimum Gasteiger partial charge on any atom is -0.493 e. The molecule has 32 heavy (non-hydrogen) atoms. The molecule has 0 fully saturated rings. The molecular formula is C22H22BrClN4O3S. The van der Waals surface area contributed by atoms with Gasteiger partial charge in [0, 0.05) is 16.7 Å². The van der Waals surface area contributed by atoms with E-state index in [0.717, 1.165) is 10.0 Å². The third-order valence-corrected chi connectivity index (χ3v) is 6.52. The molecule has 0 saturated carbocycles. The Kier molecular flexibility index (Phi) is 8.60. The van der Waals surface area contributed by atoms with E-state index in [1.807, 2.05) is 29.7 Å². The number of ether oxygens (including phenoxy) is 2. The van der Waals surface area contributed by atoms with Gasteiger partial charge in [-0.1, -0.05) is 35.5 Å². The van der Waals surface area contributed by atoms with Crippen molar-refractivity contribution in [3.63, 3.8) is 0 Å². The van der Waals surface area contributed by atoms with Gasteiger partial charge in [-0.05, 0) is 58.7 Å². The summed E-state index contributed by atoms with van der Waals surface area (Å²) in [7, 11) is 1.60. The van der Waals surface area contributed by atoms with Crippen molar-refractivity contribution in [1.82, 2.24) is 14.8 Å². The summed E-state index contributed by atoms with van der Waals surface area (Å²) < 4.78 is 13.9. The van der Waals surface area contributed by atoms with Crippen molar-refractivity contribution in [2.75, 3.05) is 18.2 Å². The Morgan fingerprint density at radius 3 is 2.81 bits per heavy atom. The number of carbonyl (C=O) groups is 1. The number of amides is 1. The summed E-state index contributed by atoms with van der Waals surface area (Å²) in [5.74, 6) is 1.88. The lowest BCUT2D eigenvalue weighted by atomic mass is 10.2. The lowest BCUT2D eigenvalue weighted by Crippen LogP contribution is -2.15. The zero-order valence-electron chi connectivity index (χ0n) is 17.6. The van der Waals surface area contributed by atoms with E-state index >= 15 is 0 Å². The van der Waals surface area contributed by atoms with Crippen LogP contribution in [0.2, 0.25) is 5.02 Å². The quantitative estimate of drug-likeness (QED) is 0.272. The summed E-state index contributed by atoms with van der Waals surface area (Å²) >= 11 is 10.7. The van der Waals surface area contributed by atoms with E-state index in [1.54, 1.807) is 31.4 Å². The van der Waals surface area contributed by atoms with Gasteiger partial charge in [-0.3, -0.25) is 9.36 Å². The first-order chi connectivity index (χ1) is 15.4. The highest BCUT2D eigenvalue weighted by molar-refractivity contribution is 9.10. The van der Waals surface area contributed by atoms with Crippen LogP contribution in [0.25, 0.3) is 0 Å². The number of aryl methyl sites for hydroxylation is 1. The second-order valence-electron chi connectivity index (χ2n) is 6.71. The van der Waals surface area contributed by atoms with Crippen molar-refractivity contribution >= 4 is 50.9 Å². The molecule has 0 aliphatic carbocycles. The van der Waals surface area contributed by atoms with Crippen LogP contribution >= 0.6 is 39.3 Å². The van der Waals surface area contributed by atoms with Crippen LogP contribution < -0.4 is 14.8 Å². The zero-order chi connectivity index (χ0) is 23.1. The summed E-state index contributed by atoms with van der Waals surface area (Å²) in [6.45, 7) is 6.47. The number of hydrogen-bond acceptors (Lipinski definition) is 6. The van der Waals surface area contributed by atoms with E-state index in [1.165, 1.54) is 11.8 Å². The fraction of sp³-hybridized carbons (Fsp3) is 0.227. The molecule has 3 rings (SSSR count). The number of halogens is 2. The largest absolute Gasteiger partial charge is 0.493 e. The number of nitrogens with zero attached hydrogens (tertiary/aromatic N) is 3. The summed E-state index contributed by atoms with van der Waals surface area (Å²) in [5, 5.41) is 12.4. The van der Waals surface area contributed by atoms with E-state index in [2.05, 4.69) is 38.0 Å². The molecule has 168 valence electrons. The second kappa shape index (κ2) is 11.4. The normalized spacial score (nSPS) is 10.6. The molecule has 1 N–H and O–H groups in total. The first-order valence-electron chi connectivity index (χ1n) is 9.59. The van der Waals surface area contributed by atoms with Crippen LogP contribution in [0, 0.1) is 6.92 Å². The minimum atomic E-state index is -0.177. The SMILES string of the molecule is C=CCn1c(COc2ccc(C)cc2OC)nnc1SCC(=O)Nc1ccc(Br)c(Cl)c1. The van der Waals surface area contributed by atoms with Gasteiger partial charge in [0.25, 0.3) is 0 Å². The zero-order valence-corrected chi connectivity index (χ0v) is 20.8. The number of thioether (sulfide) groups is 1. The molecule has 1 amide bonds. The number of allylic oxidation sites excluding steroid dienone is 1. The molecule has 0 saturated heterocycles. The minimum absolute atomic E-state index is 0.162. The van der Waals surface area contributed by atoms with Gasteiger partial charge >= 0.3 is 0 Å². The van der Waals surface area contributed by atoms with Gasteiger partial charge in [0.15, 0.2) is 22.5 Å². The molecule has 0 spiro atoms. The van der Waals surface area contributed by atoms with Crippen molar-refractivity contribution in [2.45, 2.75) is 25.2 Å². The monoisotopic (exact) mass is 536 g/mol. The Bertz CT molecular complexity index is 1120. The maximum Gasteiger partial charge on any atom is 0.234 e. The predicted molar refractivity (Wildman–Crippen MR) is 131 cm³/mol. The molecule has 3 aromatic rings. The Morgan fingerprint density at radius 1 is 1.28 bits per heavy atom. The van der Waals surface area contributed by atoms with Crippen LogP contribution in [0.4, 0.5) is 5.69 Å². The molecule has 2 aromatic carbocycles. The Morgan fingerprint density at radius 2 is 2.09 bits per heavy atom. The van der Waals surface area contributed by atoms with E-state index in [-0.39, 0.29) is 18.3 Å². The van der Waals surface area contributed by atoms with Crippen LogP contribution in [0.3, 0.4) is 0 Å². The third kappa shape index (κ3) is 6.27. The highest BCUT2D eigenvalue weighted by Gasteiger charge is 2.15. The number of anilines is 1. The number of carbonyl (C=O) groups excluding carboxylic acids is 1. The van der Waals surface area contributed by atoms with Crippen LogP contribution in [0.15, 0.2) is 58.7 Å². The fourth-order valence-corrected chi connectivity index (χ4v) is 3.98. The highest BCUT2D eigenvalue weighted by Crippen LogP contribution is 2.29. The molecule has 0 aliphatic rings. The van der Waals surface area contributed by atoms with Gasteiger partial charge in [-0.25, -0.2) is 0 Å². The van der Waals surface area contributed by atoms with Crippen LogP contribution in [-0.2, 0) is 17.9 Å². The first kappa shape index (κ1) is 24.2. The Labute approximate surface area is 204 Å². The van der Waals surface area contributed by atoms with Crippen molar-refractivity contribution in [2.24, 2.45) is 0 Å². The number of aromatic nitrogens is 3. The topological polar surface area (TPSA) is 78.3 Å². The van der Waals surface area contributed by atoms with Gasteiger partial charge < -0.3 is 14.8 Å². The molecule has 1 aromatic heterocycles. The second-order valence-corrected chi connectivity index (χ2v) is 8.91. The fourth-order valence-electron chi connectivity index (χ4n) is 2.78. The lowest BCUT2D eigenvalue weighted by molar-refractivity contribution is -0.113. The predicted octanol–water partition coefficient (Wildman–Crippen LogP) is 5.51. The molecule has 0 bridgehead atoms. The van der Waals surface area contributed by atoms with E-state index < -0.39 is 0 Å². The molecule has 1 heterocycles. The Balaban J connectivity index is 1.64. The van der Waals surface area contributed by atoms with Gasteiger partial charge in [0.2, 0.25) is 5.91 Å². The maximum absolute atomic E-state index is 12.4. The van der Waals surface area contributed by atoms with Crippen molar-refractivity contribution in [3.8, 4) is 11.5 Å². The molecular weight excluding hydrogens is 516 g/mol. The maximum atomic E-state index is 12.4. The van der Waals surface area contributed by atoms with Crippen molar-refractivity contribution < 1.29 is 14.3 Å². The van der Waals surface area contributed by atoms with Crippen LogP contribution in [-0.4, -0.2) is 33.5 Å². The number of rotatable bonds is 10. The molecule has 0 aliphatic heterocycles. The number of methoxy groups -OCH3 is 1. The standard InChI is InChI=1S/C22H22BrClN4O3S/c1-4-9-28-20(12-31-18-8-5-14(2)10-19(18)30-3)26-27-22(28)32-13-21(29)25-15-6-7-16(23)17(24)11-15/h4-8,10-11H,1,9,12-13H2,2-3H3,(H,25,29).